The fraction of sp³-hybridized carbons (Fsp3) is 0.261. The molecule has 3 aromatic rings. The van der Waals surface area contributed by atoms with Crippen LogP contribution in [-0.2, 0) is 15.6 Å². The number of hydrogen-bond donors (Lipinski definition) is 0. The van der Waals surface area contributed by atoms with Crippen LogP contribution in [0.15, 0.2) is 76.2 Å². The molecule has 8 heteroatoms. The number of rotatable bonds is 6. The van der Waals surface area contributed by atoms with Crippen molar-refractivity contribution >= 4 is 21.4 Å². The van der Waals surface area contributed by atoms with Gasteiger partial charge in [0.2, 0.25) is 0 Å². The Hall–Kier alpha value is -3.26. The monoisotopic (exact) mass is 440 g/mol. The topological polar surface area (TPSA) is 80.1 Å². The Labute approximate surface area is 181 Å². The van der Waals surface area contributed by atoms with E-state index in [-0.39, 0.29) is 22.3 Å². The Bertz CT molecular complexity index is 1150. The van der Waals surface area contributed by atoms with Crippen molar-refractivity contribution in [1.29, 1.82) is 0 Å². The zero-order valence-electron chi connectivity index (χ0n) is 17.2. The minimum Gasteiger partial charge on any atom is -0.497 e. The summed E-state index contributed by atoms with van der Waals surface area (Å²) in [5, 5.41) is 0. The van der Waals surface area contributed by atoms with E-state index in [1.807, 2.05) is 24.3 Å². The van der Waals surface area contributed by atoms with Gasteiger partial charge in [-0.25, -0.2) is 8.42 Å². The molecule has 0 spiro atoms. The molecule has 162 valence electrons. The molecule has 0 aliphatic carbocycles. The Balaban J connectivity index is 1.44. The van der Waals surface area contributed by atoms with Crippen LogP contribution in [0.4, 0.5) is 5.69 Å². The van der Waals surface area contributed by atoms with Gasteiger partial charge < -0.3 is 19.0 Å². The first-order chi connectivity index (χ1) is 15.0. The molecule has 0 saturated carbocycles. The van der Waals surface area contributed by atoms with E-state index in [2.05, 4.69) is 4.90 Å². The second kappa shape index (κ2) is 8.85. The summed E-state index contributed by atoms with van der Waals surface area (Å²) in [4.78, 5) is 17.2. The SMILES string of the molecule is COc1cccc(N2CCN(C(=O)c3occc3CS(=O)(=O)c3ccccc3)CC2)c1. The van der Waals surface area contributed by atoms with Crippen molar-refractivity contribution in [1.82, 2.24) is 4.90 Å². The Morgan fingerprint density at radius 3 is 2.45 bits per heavy atom. The van der Waals surface area contributed by atoms with E-state index in [1.54, 1.807) is 48.4 Å². The summed E-state index contributed by atoms with van der Waals surface area (Å²) in [5.74, 6) is 0.317. The van der Waals surface area contributed by atoms with Gasteiger partial charge >= 0.3 is 0 Å². The average Bonchev–Trinajstić information content (AvgIpc) is 3.26. The highest BCUT2D eigenvalue weighted by atomic mass is 32.2. The van der Waals surface area contributed by atoms with Gasteiger partial charge in [0.1, 0.15) is 5.75 Å². The van der Waals surface area contributed by atoms with Crippen molar-refractivity contribution in [3.63, 3.8) is 0 Å². The lowest BCUT2D eigenvalue weighted by Gasteiger charge is -2.36. The molecular formula is C23H24N2O5S. The van der Waals surface area contributed by atoms with Crippen molar-refractivity contribution in [2.24, 2.45) is 0 Å². The van der Waals surface area contributed by atoms with Crippen molar-refractivity contribution < 1.29 is 22.4 Å². The number of sulfone groups is 1. The van der Waals surface area contributed by atoms with Crippen LogP contribution in [0, 0.1) is 0 Å². The molecule has 0 unspecified atom stereocenters. The van der Waals surface area contributed by atoms with Crippen LogP contribution in [-0.4, -0.2) is 52.5 Å². The van der Waals surface area contributed by atoms with Crippen molar-refractivity contribution in [3.05, 3.63) is 78.3 Å². The smallest absolute Gasteiger partial charge is 0.289 e. The molecule has 31 heavy (non-hydrogen) atoms. The van der Waals surface area contributed by atoms with Gasteiger partial charge in [0.05, 0.1) is 24.0 Å². The second-order valence-corrected chi connectivity index (χ2v) is 9.32. The van der Waals surface area contributed by atoms with E-state index < -0.39 is 9.84 Å². The molecule has 0 radical (unpaired) electrons. The lowest BCUT2D eigenvalue weighted by Crippen LogP contribution is -2.48. The van der Waals surface area contributed by atoms with Gasteiger partial charge in [0.25, 0.3) is 5.91 Å². The highest BCUT2D eigenvalue weighted by molar-refractivity contribution is 7.90. The third-order valence-electron chi connectivity index (χ3n) is 5.37. The van der Waals surface area contributed by atoms with Gasteiger partial charge in [0, 0.05) is 43.5 Å². The molecule has 1 aliphatic rings. The molecule has 1 fully saturated rings. The Kier molecular flexibility index (Phi) is 5.99. The summed E-state index contributed by atoms with van der Waals surface area (Å²) in [7, 11) is -1.94. The van der Waals surface area contributed by atoms with E-state index >= 15 is 0 Å². The molecule has 0 N–H and O–H groups in total. The summed E-state index contributed by atoms with van der Waals surface area (Å²) in [5.41, 5.74) is 1.42. The summed E-state index contributed by atoms with van der Waals surface area (Å²) in [6.07, 6.45) is 1.37. The number of hydrogen-bond acceptors (Lipinski definition) is 6. The fourth-order valence-electron chi connectivity index (χ4n) is 3.67. The highest BCUT2D eigenvalue weighted by Gasteiger charge is 2.28. The molecular weight excluding hydrogens is 416 g/mol. The zero-order valence-corrected chi connectivity index (χ0v) is 18.0. The standard InChI is InChI=1S/C23H24N2O5S/c1-29-20-7-5-6-19(16-20)24-11-13-25(14-12-24)23(26)22-18(10-15-30-22)17-31(27,28)21-8-3-2-4-9-21/h2-10,15-16H,11-14,17H2,1H3. The zero-order chi connectivity index (χ0) is 21.8. The quantitative estimate of drug-likeness (QED) is 0.586. The lowest BCUT2D eigenvalue weighted by molar-refractivity contribution is 0.0713. The lowest BCUT2D eigenvalue weighted by atomic mass is 10.2. The first-order valence-corrected chi connectivity index (χ1v) is 11.7. The molecule has 0 atom stereocenters. The first kappa shape index (κ1) is 21.0. The molecule has 1 aromatic heterocycles. The van der Waals surface area contributed by atoms with Crippen LogP contribution in [0.25, 0.3) is 0 Å². The largest absolute Gasteiger partial charge is 0.497 e. The number of carbonyl (C=O) groups excluding carboxylic acids is 1. The van der Waals surface area contributed by atoms with Gasteiger partial charge in [-0.1, -0.05) is 24.3 Å². The predicted molar refractivity (Wildman–Crippen MR) is 117 cm³/mol. The number of furan rings is 1. The van der Waals surface area contributed by atoms with E-state index in [9.17, 15) is 13.2 Å². The van der Waals surface area contributed by atoms with Crippen molar-refractivity contribution in [2.75, 3.05) is 38.2 Å². The maximum absolute atomic E-state index is 13.0. The second-order valence-electron chi connectivity index (χ2n) is 7.33. The van der Waals surface area contributed by atoms with Gasteiger partial charge in [0.15, 0.2) is 15.6 Å². The van der Waals surface area contributed by atoms with E-state index in [0.29, 0.717) is 31.7 Å². The van der Waals surface area contributed by atoms with E-state index in [4.69, 9.17) is 9.15 Å². The minimum atomic E-state index is -3.57. The molecule has 2 aromatic carbocycles. The maximum atomic E-state index is 13.0. The molecule has 1 aliphatic heterocycles. The predicted octanol–water partition coefficient (Wildman–Crippen LogP) is 3.22. The third-order valence-corrected chi connectivity index (χ3v) is 7.06. The van der Waals surface area contributed by atoms with Gasteiger partial charge in [-0.15, -0.1) is 0 Å². The molecule has 7 nitrogen and oxygen atoms in total. The average molecular weight is 441 g/mol. The van der Waals surface area contributed by atoms with Crippen LogP contribution in [0.1, 0.15) is 16.1 Å². The number of nitrogens with zero attached hydrogens (tertiary/aromatic N) is 2. The summed E-state index contributed by atoms with van der Waals surface area (Å²) >= 11 is 0. The molecule has 2 heterocycles. The molecule has 1 amide bonds. The van der Waals surface area contributed by atoms with Crippen molar-refractivity contribution in [3.8, 4) is 5.75 Å². The minimum absolute atomic E-state index is 0.0920. The fourth-order valence-corrected chi connectivity index (χ4v) is 5.05. The molecule has 0 bridgehead atoms. The summed E-state index contributed by atoms with van der Waals surface area (Å²) in [6.45, 7) is 2.36. The van der Waals surface area contributed by atoms with Crippen molar-refractivity contribution in [2.45, 2.75) is 10.6 Å². The normalized spacial score (nSPS) is 14.5. The van der Waals surface area contributed by atoms with Gasteiger partial charge in [-0.05, 0) is 30.3 Å². The number of piperazine rings is 1. The molecule has 1 saturated heterocycles. The first-order valence-electron chi connectivity index (χ1n) is 10.0. The maximum Gasteiger partial charge on any atom is 0.289 e. The van der Waals surface area contributed by atoms with E-state index in [0.717, 1.165) is 11.4 Å². The highest BCUT2D eigenvalue weighted by Crippen LogP contribution is 2.24. The number of carbonyl (C=O) groups is 1. The van der Waals surface area contributed by atoms with Crippen LogP contribution in [0.5, 0.6) is 5.75 Å². The number of ether oxygens (including phenoxy) is 1. The van der Waals surface area contributed by atoms with Gasteiger partial charge in [-0.2, -0.15) is 0 Å². The number of benzene rings is 2. The third kappa shape index (κ3) is 4.59. The number of anilines is 1. The van der Waals surface area contributed by atoms with Crippen LogP contribution in [0.2, 0.25) is 0 Å². The van der Waals surface area contributed by atoms with Crippen LogP contribution >= 0.6 is 0 Å². The Morgan fingerprint density at radius 2 is 1.74 bits per heavy atom. The van der Waals surface area contributed by atoms with Gasteiger partial charge in [-0.3, -0.25) is 4.79 Å². The summed E-state index contributed by atoms with van der Waals surface area (Å²) in [6, 6.07) is 17.6. The number of methoxy groups -OCH3 is 1. The molecule has 4 rings (SSSR count). The summed E-state index contributed by atoms with van der Waals surface area (Å²) < 4.78 is 36.1. The van der Waals surface area contributed by atoms with E-state index in [1.165, 1.54) is 6.26 Å². The van der Waals surface area contributed by atoms with Crippen LogP contribution in [0.3, 0.4) is 0 Å². The Morgan fingerprint density at radius 1 is 1.00 bits per heavy atom. The van der Waals surface area contributed by atoms with Crippen LogP contribution < -0.4 is 9.64 Å². The number of amides is 1.